The summed E-state index contributed by atoms with van der Waals surface area (Å²) in [4.78, 5) is 12.3. The van der Waals surface area contributed by atoms with E-state index in [0.717, 1.165) is 25.7 Å². The topological polar surface area (TPSA) is 94.2 Å². The first kappa shape index (κ1) is 20.1. The number of carbonyl (C=O) groups excluding carboxylic acids is 1. The third kappa shape index (κ3) is 4.98. The predicted molar refractivity (Wildman–Crippen MR) is 99.4 cm³/mol. The van der Waals surface area contributed by atoms with Crippen molar-refractivity contribution >= 4 is 21.6 Å². The second-order valence-electron chi connectivity index (χ2n) is 6.64. The standard InChI is InChI=1S/C18H26N2O6S/c1-24-17-7-6-15(27(22,23)20-8-10-25-11-9-20)12-16(17)19-18(21)13-26-14-4-2-3-5-14/h6-7,12,14H,2-5,8-11,13H2,1H3,(H,19,21). The zero-order chi connectivity index (χ0) is 19.3. The third-order valence-corrected chi connectivity index (χ3v) is 6.70. The molecule has 0 radical (unpaired) electrons. The van der Waals surface area contributed by atoms with Crippen molar-refractivity contribution in [3.05, 3.63) is 18.2 Å². The van der Waals surface area contributed by atoms with Crippen LogP contribution < -0.4 is 10.1 Å². The van der Waals surface area contributed by atoms with Crippen molar-refractivity contribution < 1.29 is 27.4 Å². The number of ether oxygens (including phenoxy) is 3. The summed E-state index contributed by atoms with van der Waals surface area (Å²) >= 11 is 0. The van der Waals surface area contributed by atoms with Crippen LogP contribution in [0.5, 0.6) is 5.75 Å². The van der Waals surface area contributed by atoms with Crippen LogP contribution in [0, 0.1) is 0 Å². The minimum Gasteiger partial charge on any atom is -0.495 e. The third-order valence-electron chi connectivity index (χ3n) is 4.81. The van der Waals surface area contributed by atoms with Gasteiger partial charge in [0.05, 0.1) is 37.0 Å². The summed E-state index contributed by atoms with van der Waals surface area (Å²) in [5.41, 5.74) is 0.312. The Bertz CT molecular complexity index is 755. The molecule has 150 valence electrons. The highest BCUT2D eigenvalue weighted by Crippen LogP contribution is 2.29. The Morgan fingerprint density at radius 3 is 2.63 bits per heavy atom. The number of morpholine rings is 1. The van der Waals surface area contributed by atoms with Gasteiger partial charge in [-0.25, -0.2) is 8.42 Å². The molecule has 0 aromatic heterocycles. The maximum atomic E-state index is 12.8. The van der Waals surface area contributed by atoms with E-state index >= 15 is 0 Å². The number of nitrogens with zero attached hydrogens (tertiary/aromatic N) is 1. The van der Waals surface area contributed by atoms with E-state index < -0.39 is 10.0 Å². The smallest absolute Gasteiger partial charge is 0.250 e. The lowest BCUT2D eigenvalue weighted by molar-refractivity contribution is -0.122. The summed E-state index contributed by atoms with van der Waals surface area (Å²) in [6.45, 7) is 1.31. The highest BCUT2D eigenvalue weighted by atomic mass is 32.2. The molecular formula is C18H26N2O6S. The minimum absolute atomic E-state index is 0.0612. The zero-order valence-corrected chi connectivity index (χ0v) is 16.3. The monoisotopic (exact) mass is 398 g/mol. The average Bonchev–Trinajstić information content (AvgIpc) is 3.20. The molecule has 27 heavy (non-hydrogen) atoms. The molecule has 1 amide bonds. The van der Waals surface area contributed by atoms with Crippen LogP contribution in [0.2, 0.25) is 0 Å². The lowest BCUT2D eigenvalue weighted by Crippen LogP contribution is -2.40. The van der Waals surface area contributed by atoms with Crippen LogP contribution in [0.15, 0.2) is 23.1 Å². The van der Waals surface area contributed by atoms with Crippen LogP contribution in [-0.2, 0) is 24.3 Å². The Kier molecular flexibility index (Phi) is 6.69. The molecule has 9 heteroatoms. The Morgan fingerprint density at radius 1 is 1.26 bits per heavy atom. The van der Waals surface area contributed by atoms with Crippen molar-refractivity contribution in [2.75, 3.05) is 45.3 Å². The number of hydrogen-bond donors (Lipinski definition) is 1. The summed E-state index contributed by atoms with van der Waals surface area (Å²) in [6, 6.07) is 4.45. The van der Waals surface area contributed by atoms with Gasteiger partial charge in [0.1, 0.15) is 12.4 Å². The fourth-order valence-corrected chi connectivity index (χ4v) is 4.75. The van der Waals surface area contributed by atoms with Gasteiger partial charge in [0.2, 0.25) is 15.9 Å². The predicted octanol–water partition coefficient (Wildman–Crippen LogP) is 1.61. The Balaban J connectivity index is 1.71. The molecule has 1 N–H and O–H groups in total. The first-order chi connectivity index (χ1) is 13.0. The van der Waals surface area contributed by atoms with Gasteiger partial charge >= 0.3 is 0 Å². The minimum atomic E-state index is -3.66. The molecule has 2 fully saturated rings. The molecule has 1 saturated carbocycles. The fraction of sp³-hybridized carbons (Fsp3) is 0.611. The van der Waals surface area contributed by atoms with Gasteiger partial charge in [-0.2, -0.15) is 4.31 Å². The molecule has 1 aliphatic carbocycles. The van der Waals surface area contributed by atoms with E-state index in [0.29, 0.717) is 37.7 Å². The van der Waals surface area contributed by atoms with Crippen LogP contribution >= 0.6 is 0 Å². The van der Waals surface area contributed by atoms with Gasteiger partial charge in [-0.05, 0) is 31.0 Å². The van der Waals surface area contributed by atoms with Crippen molar-refractivity contribution in [2.45, 2.75) is 36.7 Å². The second-order valence-corrected chi connectivity index (χ2v) is 8.58. The number of nitrogens with one attached hydrogen (secondary N) is 1. The van der Waals surface area contributed by atoms with E-state index in [-0.39, 0.29) is 23.5 Å². The molecule has 1 aliphatic heterocycles. The molecule has 1 aromatic rings. The van der Waals surface area contributed by atoms with E-state index in [2.05, 4.69) is 5.32 Å². The van der Waals surface area contributed by atoms with Crippen molar-refractivity contribution in [3.63, 3.8) is 0 Å². The summed E-state index contributed by atoms with van der Waals surface area (Å²) < 4.78 is 43.1. The number of benzene rings is 1. The van der Waals surface area contributed by atoms with Gasteiger partial charge in [0.25, 0.3) is 0 Å². The molecule has 8 nitrogen and oxygen atoms in total. The van der Waals surface area contributed by atoms with Crippen molar-refractivity contribution in [3.8, 4) is 5.75 Å². The summed E-state index contributed by atoms with van der Waals surface area (Å²) in [6.07, 6.45) is 4.34. The number of methoxy groups -OCH3 is 1. The number of hydrogen-bond acceptors (Lipinski definition) is 6. The van der Waals surface area contributed by atoms with Gasteiger partial charge in [-0.3, -0.25) is 4.79 Å². The summed E-state index contributed by atoms with van der Waals surface area (Å²) in [5.74, 6) is 0.0614. The van der Waals surface area contributed by atoms with E-state index in [9.17, 15) is 13.2 Å². The molecule has 0 unspecified atom stereocenters. The molecule has 1 saturated heterocycles. The lowest BCUT2D eigenvalue weighted by atomic mass is 10.3. The van der Waals surface area contributed by atoms with E-state index in [1.165, 1.54) is 23.5 Å². The number of amides is 1. The van der Waals surface area contributed by atoms with Crippen LogP contribution in [0.4, 0.5) is 5.69 Å². The van der Waals surface area contributed by atoms with Gasteiger partial charge in [-0.15, -0.1) is 0 Å². The van der Waals surface area contributed by atoms with Gasteiger partial charge in [0, 0.05) is 13.1 Å². The van der Waals surface area contributed by atoms with Crippen molar-refractivity contribution in [1.82, 2.24) is 4.31 Å². The van der Waals surface area contributed by atoms with Crippen LogP contribution in [-0.4, -0.2) is 64.8 Å². The van der Waals surface area contributed by atoms with Crippen LogP contribution in [0.25, 0.3) is 0 Å². The van der Waals surface area contributed by atoms with Crippen molar-refractivity contribution in [2.24, 2.45) is 0 Å². The van der Waals surface area contributed by atoms with Crippen LogP contribution in [0.1, 0.15) is 25.7 Å². The van der Waals surface area contributed by atoms with E-state index in [1.807, 2.05) is 0 Å². The summed E-state index contributed by atoms with van der Waals surface area (Å²) in [5, 5.41) is 2.70. The van der Waals surface area contributed by atoms with Gasteiger partial charge < -0.3 is 19.5 Å². The Hall–Kier alpha value is -1.68. The highest BCUT2D eigenvalue weighted by molar-refractivity contribution is 7.89. The van der Waals surface area contributed by atoms with E-state index in [4.69, 9.17) is 14.2 Å². The molecule has 3 rings (SSSR count). The molecule has 0 bridgehead atoms. The Labute approximate surface area is 159 Å². The number of rotatable bonds is 7. The number of anilines is 1. The average molecular weight is 398 g/mol. The largest absolute Gasteiger partial charge is 0.495 e. The summed E-state index contributed by atoms with van der Waals surface area (Å²) in [7, 11) is -2.19. The Morgan fingerprint density at radius 2 is 1.96 bits per heavy atom. The first-order valence-corrected chi connectivity index (χ1v) is 10.6. The molecule has 1 aromatic carbocycles. The van der Waals surface area contributed by atoms with Gasteiger partial charge in [0.15, 0.2) is 0 Å². The SMILES string of the molecule is COc1ccc(S(=O)(=O)N2CCOCC2)cc1NC(=O)COC1CCCC1. The maximum absolute atomic E-state index is 12.8. The zero-order valence-electron chi connectivity index (χ0n) is 15.5. The number of carbonyl (C=O) groups is 1. The molecule has 1 heterocycles. The van der Waals surface area contributed by atoms with Crippen LogP contribution in [0.3, 0.4) is 0 Å². The van der Waals surface area contributed by atoms with E-state index in [1.54, 1.807) is 6.07 Å². The lowest BCUT2D eigenvalue weighted by Gasteiger charge is -2.26. The molecular weight excluding hydrogens is 372 g/mol. The number of sulfonamides is 1. The first-order valence-electron chi connectivity index (χ1n) is 9.18. The van der Waals surface area contributed by atoms with Crippen molar-refractivity contribution in [1.29, 1.82) is 0 Å². The molecule has 0 atom stereocenters. The maximum Gasteiger partial charge on any atom is 0.250 e. The fourth-order valence-electron chi connectivity index (χ4n) is 3.32. The second kappa shape index (κ2) is 9.01. The molecule has 0 spiro atoms. The normalized spacial score (nSPS) is 19.1. The molecule has 2 aliphatic rings. The highest BCUT2D eigenvalue weighted by Gasteiger charge is 2.27. The van der Waals surface area contributed by atoms with Gasteiger partial charge in [-0.1, -0.05) is 12.8 Å². The quantitative estimate of drug-likeness (QED) is 0.750.